The van der Waals surface area contributed by atoms with Crippen molar-refractivity contribution in [3.63, 3.8) is 0 Å². The van der Waals surface area contributed by atoms with Gasteiger partial charge in [0.05, 0.1) is 5.69 Å². The van der Waals surface area contributed by atoms with Gasteiger partial charge >= 0.3 is 0 Å². The monoisotopic (exact) mass is 284 g/mol. The summed E-state index contributed by atoms with van der Waals surface area (Å²) < 4.78 is 2.20. The molecule has 0 aromatic carbocycles. The van der Waals surface area contributed by atoms with Gasteiger partial charge in [-0.15, -0.1) is 0 Å². The van der Waals surface area contributed by atoms with Crippen molar-refractivity contribution in [2.75, 3.05) is 6.54 Å². The van der Waals surface area contributed by atoms with Crippen LogP contribution in [0.3, 0.4) is 0 Å². The smallest absolute Gasteiger partial charge is 0.138 e. The number of aromatic nitrogens is 3. The average molecular weight is 284 g/mol. The number of nitrogens with zero attached hydrogens (tertiary/aromatic N) is 3. The molecule has 0 atom stereocenters. The number of nitrogens with one attached hydrogen (secondary N) is 1. The van der Waals surface area contributed by atoms with E-state index in [9.17, 15) is 0 Å². The van der Waals surface area contributed by atoms with E-state index in [1.54, 1.807) is 0 Å². The van der Waals surface area contributed by atoms with Crippen LogP contribution in [-0.2, 0) is 25.8 Å². The van der Waals surface area contributed by atoms with Crippen molar-refractivity contribution in [2.45, 2.75) is 52.5 Å². The van der Waals surface area contributed by atoms with Crippen LogP contribution in [-0.4, -0.2) is 21.1 Å². The summed E-state index contributed by atoms with van der Waals surface area (Å²) in [5.41, 5.74) is 5.07. The van der Waals surface area contributed by atoms with Crippen LogP contribution in [0.5, 0.6) is 0 Å². The molecule has 0 fully saturated rings. The molecule has 2 aromatic rings. The third-order valence-corrected chi connectivity index (χ3v) is 4.14. The molecule has 4 heteroatoms. The molecular weight excluding hydrogens is 260 g/mol. The molecule has 0 aliphatic heterocycles. The normalized spacial score (nSPS) is 14.2. The van der Waals surface area contributed by atoms with Gasteiger partial charge in [-0.3, -0.25) is 4.57 Å². The Morgan fingerprint density at radius 2 is 2.05 bits per heavy atom. The molecule has 0 unspecified atom stereocenters. The molecule has 1 N–H and O–H groups in total. The maximum atomic E-state index is 4.81. The third-order valence-electron chi connectivity index (χ3n) is 4.14. The predicted octanol–water partition coefficient (Wildman–Crippen LogP) is 2.82. The lowest BCUT2D eigenvalue weighted by molar-refractivity contribution is 0.653. The second kappa shape index (κ2) is 6.39. The molecule has 112 valence electrons. The maximum Gasteiger partial charge on any atom is 0.138 e. The molecule has 0 saturated carbocycles. The van der Waals surface area contributed by atoms with Gasteiger partial charge < -0.3 is 5.32 Å². The van der Waals surface area contributed by atoms with Crippen molar-refractivity contribution in [3.05, 3.63) is 41.1 Å². The first-order chi connectivity index (χ1) is 10.3. The quantitative estimate of drug-likeness (QED) is 0.918. The number of imidazole rings is 1. The predicted molar refractivity (Wildman–Crippen MR) is 84.8 cm³/mol. The van der Waals surface area contributed by atoms with E-state index in [2.05, 4.69) is 40.8 Å². The molecule has 21 heavy (non-hydrogen) atoms. The molecular formula is C17H24N4. The van der Waals surface area contributed by atoms with Crippen molar-refractivity contribution < 1.29 is 0 Å². The van der Waals surface area contributed by atoms with Gasteiger partial charge in [-0.05, 0) is 56.3 Å². The van der Waals surface area contributed by atoms with Crippen LogP contribution in [0, 0.1) is 0 Å². The lowest BCUT2D eigenvalue weighted by Gasteiger charge is -2.15. The average Bonchev–Trinajstić information content (AvgIpc) is 2.96. The molecule has 3 rings (SSSR count). The highest BCUT2D eigenvalue weighted by Crippen LogP contribution is 2.23. The van der Waals surface area contributed by atoms with Crippen LogP contribution in [0.4, 0.5) is 0 Å². The second-order valence-electron chi connectivity index (χ2n) is 5.67. The minimum atomic E-state index is 0.899. The van der Waals surface area contributed by atoms with Crippen molar-refractivity contribution in [2.24, 2.45) is 0 Å². The first kappa shape index (κ1) is 14.3. The molecule has 0 saturated heterocycles. The molecule has 0 bridgehead atoms. The van der Waals surface area contributed by atoms with Crippen molar-refractivity contribution >= 4 is 0 Å². The number of pyridine rings is 1. The van der Waals surface area contributed by atoms with Crippen LogP contribution < -0.4 is 5.32 Å². The fourth-order valence-corrected chi connectivity index (χ4v) is 2.98. The number of hydrogen-bond donors (Lipinski definition) is 1. The van der Waals surface area contributed by atoms with Gasteiger partial charge in [-0.1, -0.05) is 13.8 Å². The summed E-state index contributed by atoms with van der Waals surface area (Å²) in [6.45, 7) is 6.18. The van der Waals surface area contributed by atoms with E-state index < -0.39 is 0 Å². The summed E-state index contributed by atoms with van der Waals surface area (Å²) in [5.74, 6) is 1.03. The number of fused-ring (bicyclic) bond motifs is 1. The zero-order chi connectivity index (χ0) is 14.7. The maximum absolute atomic E-state index is 4.81. The van der Waals surface area contributed by atoms with Crippen molar-refractivity contribution in [1.82, 2.24) is 19.9 Å². The van der Waals surface area contributed by atoms with E-state index in [4.69, 9.17) is 4.98 Å². The second-order valence-corrected chi connectivity index (χ2v) is 5.67. The summed E-state index contributed by atoms with van der Waals surface area (Å²) in [6.07, 6.45) is 7.67. The van der Waals surface area contributed by atoms with E-state index >= 15 is 0 Å². The fraction of sp³-hybridized carbons (Fsp3) is 0.529. The van der Waals surface area contributed by atoms with Crippen LogP contribution in [0.15, 0.2) is 18.5 Å². The van der Waals surface area contributed by atoms with Gasteiger partial charge in [0.1, 0.15) is 12.1 Å². The third kappa shape index (κ3) is 3.00. The minimum Gasteiger partial charge on any atom is -0.313 e. The Balaban J connectivity index is 1.98. The SMILES string of the molecule is CCNCc1cc(CC)nc(-n2cnc3c2CCCC3)c1. The number of hydrogen-bond acceptors (Lipinski definition) is 3. The van der Waals surface area contributed by atoms with E-state index in [0.717, 1.165) is 43.9 Å². The highest BCUT2D eigenvalue weighted by atomic mass is 15.1. The van der Waals surface area contributed by atoms with E-state index in [1.165, 1.54) is 29.8 Å². The van der Waals surface area contributed by atoms with Crippen molar-refractivity contribution in [1.29, 1.82) is 0 Å². The lowest BCUT2D eigenvalue weighted by atomic mass is 10.0. The first-order valence-electron chi connectivity index (χ1n) is 8.07. The Bertz CT molecular complexity index is 615. The van der Waals surface area contributed by atoms with Crippen LogP contribution in [0.2, 0.25) is 0 Å². The van der Waals surface area contributed by atoms with Crippen LogP contribution in [0.25, 0.3) is 5.82 Å². The molecule has 4 nitrogen and oxygen atoms in total. The van der Waals surface area contributed by atoms with Crippen LogP contribution in [0.1, 0.15) is 49.3 Å². The van der Waals surface area contributed by atoms with Gasteiger partial charge in [-0.2, -0.15) is 0 Å². The standard InChI is InChI=1S/C17H24N4/c1-3-14-9-13(11-18-4-2)10-17(20-14)21-12-19-15-7-5-6-8-16(15)21/h9-10,12,18H,3-8,11H2,1-2H3. The topological polar surface area (TPSA) is 42.7 Å². The van der Waals surface area contributed by atoms with Gasteiger partial charge in [0.25, 0.3) is 0 Å². The minimum absolute atomic E-state index is 0.899. The molecule has 1 aliphatic carbocycles. The number of aryl methyl sites for hydroxylation is 2. The molecule has 2 aromatic heterocycles. The molecule has 0 radical (unpaired) electrons. The van der Waals surface area contributed by atoms with E-state index in [0.29, 0.717) is 0 Å². The Hall–Kier alpha value is -1.68. The molecule has 0 spiro atoms. The van der Waals surface area contributed by atoms with Gasteiger partial charge in [-0.25, -0.2) is 9.97 Å². The summed E-state index contributed by atoms with van der Waals surface area (Å²) in [6, 6.07) is 4.40. The molecule has 1 aliphatic rings. The van der Waals surface area contributed by atoms with Crippen molar-refractivity contribution in [3.8, 4) is 5.82 Å². The Morgan fingerprint density at radius 1 is 1.19 bits per heavy atom. The van der Waals surface area contributed by atoms with Gasteiger partial charge in [0, 0.05) is 17.9 Å². The molecule has 0 amide bonds. The van der Waals surface area contributed by atoms with Gasteiger partial charge in [0.15, 0.2) is 0 Å². The first-order valence-corrected chi connectivity index (χ1v) is 8.07. The highest BCUT2D eigenvalue weighted by molar-refractivity contribution is 5.35. The zero-order valence-corrected chi connectivity index (χ0v) is 13.0. The van der Waals surface area contributed by atoms with Crippen LogP contribution >= 0.6 is 0 Å². The Kier molecular flexibility index (Phi) is 4.34. The lowest BCUT2D eigenvalue weighted by Crippen LogP contribution is -2.14. The largest absolute Gasteiger partial charge is 0.313 e. The van der Waals surface area contributed by atoms with E-state index in [-0.39, 0.29) is 0 Å². The van der Waals surface area contributed by atoms with Gasteiger partial charge in [0.2, 0.25) is 0 Å². The Morgan fingerprint density at radius 3 is 2.86 bits per heavy atom. The zero-order valence-electron chi connectivity index (χ0n) is 13.0. The molecule has 2 heterocycles. The summed E-state index contributed by atoms with van der Waals surface area (Å²) in [5, 5.41) is 3.40. The summed E-state index contributed by atoms with van der Waals surface area (Å²) in [7, 11) is 0. The Labute approximate surface area is 126 Å². The summed E-state index contributed by atoms with van der Waals surface area (Å²) in [4.78, 5) is 9.39. The fourth-order valence-electron chi connectivity index (χ4n) is 2.98. The highest BCUT2D eigenvalue weighted by Gasteiger charge is 2.17. The summed E-state index contributed by atoms with van der Waals surface area (Å²) >= 11 is 0. The van der Waals surface area contributed by atoms with E-state index in [1.807, 2.05) is 6.33 Å². The number of rotatable bonds is 5.